The lowest BCUT2D eigenvalue weighted by Crippen LogP contribution is -2.32. The van der Waals surface area contributed by atoms with Gasteiger partial charge in [-0.05, 0) is 51.0 Å². The van der Waals surface area contributed by atoms with Crippen molar-refractivity contribution < 1.29 is 39.6 Å². The molecule has 31 heavy (non-hydrogen) atoms. The van der Waals surface area contributed by atoms with E-state index in [4.69, 9.17) is 0 Å². The number of alkyl halides is 6. The average Bonchev–Trinajstić information content (AvgIpc) is 3.03. The molecular weight excluding hydrogens is 450 g/mol. The van der Waals surface area contributed by atoms with Crippen LogP contribution in [0.4, 0.5) is 26.3 Å². The highest BCUT2D eigenvalue weighted by atomic mass is 32.2. The third kappa shape index (κ3) is 5.46. The highest BCUT2D eigenvalue weighted by Gasteiger charge is 2.38. The first kappa shape index (κ1) is 24.9. The zero-order chi connectivity index (χ0) is 23.8. The van der Waals surface area contributed by atoms with E-state index in [1.54, 1.807) is 0 Å². The summed E-state index contributed by atoms with van der Waals surface area (Å²) in [5.74, 6) is -0.655. The Balaban J connectivity index is 2.13. The Bertz CT molecular complexity index is 1070. The Hall–Kier alpha value is -2.37. The molecule has 0 atom stereocenters. The van der Waals surface area contributed by atoms with Gasteiger partial charge in [-0.2, -0.15) is 31.4 Å². The van der Waals surface area contributed by atoms with E-state index >= 15 is 0 Å². The molecule has 0 aliphatic rings. The van der Waals surface area contributed by atoms with Gasteiger partial charge in [0.15, 0.2) is 21.3 Å². The third-order valence-electron chi connectivity index (χ3n) is 4.84. The van der Waals surface area contributed by atoms with E-state index in [-0.39, 0.29) is 25.0 Å². The minimum Gasteiger partial charge on any atom is -0.292 e. The predicted octanol–water partition coefficient (Wildman–Crippen LogP) is 5.06. The molecule has 0 spiro atoms. The molecule has 1 aromatic carbocycles. The van der Waals surface area contributed by atoms with Crippen molar-refractivity contribution in [2.75, 3.05) is 0 Å². The van der Waals surface area contributed by atoms with Crippen molar-refractivity contribution in [3.63, 3.8) is 0 Å². The Morgan fingerprint density at radius 1 is 1.03 bits per heavy atom. The number of carbonyl (C=O) groups excluding carboxylic acids is 1. The molecule has 0 saturated carbocycles. The molecule has 0 bridgehead atoms. The number of nitrogens with zero attached hydrogens (tertiary/aromatic N) is 2. The van der Waals surface area contributed by atoms with Crippen LogP contribution < -0.4 is 0 Å². The van der Waals surface area contributed by atoms with Gasteiger partial charge in [-0.3, -0.25) is 9.48 Å². The van der Waals surface area contributed by atoms with Crippen LogP contribution in [0, 0.1) is 0 Å². The summed E-state index contributed by atoms with van der Waals surface area (Å²) in [6.45, 7) is 2.64. The van der Waals surface area contributed by atoms with E-state index in [2.05, 4.69) is 5.10 Å². The second kappa shape index (κ2) is 8.29. The predicted molar refractivity (Wildman–Crippen MR) is 99.1 cm³/mol. The first-order valence-electron chi connectivity index (χ1n) is 9.03. The summed E-state index contributed by atoms with van der Waals surface area (Å²) in [7, 11) is -3.00. The first-order chi connectivity index (χ1) is 14.0. The molecule has 0 fully saturated rings. The SMILES string of the molecule is Cn1nc(C(F)(F)F)cc1C(=O)CCCC(C)(C)S(=O)(=O)c1cccc(C(F)(F)F)c1. The lowest BCUT2D eigenvalue weighted by atomic mass is 10.0. The van der Waals surface area contributed by atoms with Gasteiger partial charge in [-0.1, -0.05) is 6.07 Å². The minimum atomic E-state index is -4.71. The lowest BCUT2D eigenvalue weighted by Gasteiger charge is -2.25. The van der Waals surface area contributed by atoms with E-state index in [1.165, 1.54) is 20.9 Å². The van der Waals surface area contributed by atoms with Crippen molar-refractivity contribution in [1.82, 2.24) is 9.78 Å². The molecule has 2 rings (SSSR count). The summed E-state index contributed by atoms with van der Waals surface area (Å²) in [5.41, 5.74) is -2.59. The summed E-state index contributed by atoms with van der Waals surface area (Å²) in [6, 6.07) is 3.99. The standard InChI is InChI=1S/C19H20F6N2O3S/c1-17(2,31(29,30)13-7-4-6-12(10-13)18(20,21)22)9-5-8-15(28)14-11-16(19(23,24)25)26-27(14)3/h4,6-7,10-11H,5,8-9H2,1-3H3. The molecule has 1 heterocycles. The molecule has 0 saturated heterocycles. The fourth-order valence-corrected chi connectivity index (χ4v) is 4.55. The molecule has 1 aromatic heterocycles. The lowest BCUT2D eigenvalue weighted by molar-refractivity contribution is -0.141. The van der Waals surface area contributed by atoms with Crippen LogP contribution in [0.5, 0.6) is 0 Å². The van der Waals surface area contributed by atoms with Gasteiger partial charge in [-0.15, -0.1) is 0 Å². The normalized spacial score (nSPS) is 13.5. The van der Waals surface area contributed by atoms with Crippen LogP contribution in [-0.4, -0.2) is 28.7 Å². The van der Waals surface area contributed by atoms with Crippen LogP contribution in [0.3, 0.4) is 0 Å². The first-order valence-corrected chi connectivity index (χ1v) is 10.5. The number of sulfone groups is 1. The van der Waals surface area contributed by atoms with Crippen LogP contribution in [0.25, 0.3) is 0 Å². The van der Waals surface area contributed by atoms with Gasteiger partial charge in [0.2, 0.25) is 0 Å². The van der Waals surface area contributed by atoms with Crippen molar-refractivity contribution in [2.24, 2.45) is 7.05 Å². The maximum Gasteiger partial charge on any atom is 0.435 e. The van der Waals surface area contributed by atoms with Gasteiger partial charge in [0, 0.05) is 13.5 Å². The molecule has 2 aromatic rings. The van der Waals surface area contributed by atoms with Crippen LogP contribution >= 0.6 is 0 Å². The highest BCUT2D eigenvalue weighted by molar-refractivity contribution is 7.92. The average molecular weight is 470 g/mol. The van der Waals surface area contributed by atoms with E-state index < -0.39 is 48.9 Å². The number of rotatable bonds is 7. The molecule has 172 valence electrons. The monoisotopic (exact) mass is 470 g/mol. The topological polar surface area (TPSA) is 69.0 Å². The Morgan fingerprint density at radius 2 is 1.65 bits per heavy atom. The summed E-state index contributed by atoms with van der Waals surface area (Å²) in [4.78, 5) is 11.8. The second-order valence-corrected chi connectivity index (χ2v) is 10.2. The largest absolute Gasteiger partial charge is 0.435 e. The summed E-state index contributed by atoms with van der Waals surface area (Å²) >= 11 is 0. The number of aromatic nitrogens is 2. The third-order valence-corrected chi connectivity index (χ3v) is 7.37. The van der Waals surface area contributed by atoms with E-state index in [0.717, 1.165) is 22.9 Å². The maximum absolute atomic E-state index is 12.9. The molecule has 0 N–H and O–H groups in total. The van der Waals surface area contributed by atoms with Crippen LogP contribution in [-0.2, 0) is 29.2 Å². The minimum absolute atomic E-state index is 0.00342. The quantitative estimate of drug-likeness (QED) is 0.419. The van der Waals surface area contributed by atoms with Gasteiger partial charge in [0.25, 0.3) is 0 Å². The summed E-state index contributed by atoms with van der Waals surface area (Å²) in [6.07, 6.45) is -9.77. The number of benzene rings is 1. The van der Waals surface area contributed by atoms with Gasteiger partial charge in [0.1, 0.15) is 5.69 Å². The number of hydrogen-bond acceptors (Lipinski definition) is 4. The maximum atomic E-state index is 12.9. The zero-order valence-corrected chi connectivity index (χ0v) is 17.6. The Morgan fingerprint density at radius 3 is 2.16 bits per heavy atom. The number of carbonyl (C=O) groups is 1. The molecular formula is C19H20F6N2O3S. The van der Waals surface area contributed by atoms with E-state index in [0.29, 0.717) is 12.1 Å². The number of ketones is 1. The van der Waals surface area contributed by atoms with Crippen molar-refractivity contribution >= 4 is 15.6 Å². The van der Waals surface area contributed by atoms with E-state index in [1.807, 2.05) is 0 Å². The van der Waals surface area contributed by atoms with Crippen molar-refractivity contribution in [3.05, 3.63) is 47.3 Å². The Kier molecular flexibility index (Phi) is 6.65. The molecule has 0 aliphatic heterocycles. The molecule has 0 radical (unpaired) electrons. The van der Waals surface area contributed by atoms with Gasteiger partial charge >= 0.3 is 12.4 Å². The fourth-order valence-electron chi connectivity index (χ4n) is 2.96. The fraction of sp³-hybridized carbons (Fsp3) is 0.474. The van der Waals surface area contributed by atoms with E-state index in [9.17, 15) is 39.6 Å². The zero-order valence-electron chi connectivity index (χ0n) is 16.8. The smallest absolute Gasteiger partial charge is 0.292 e. The molecule has 0 amide bonds. The van der Waals surface area contributed by atoms with Crippen molar-refractivity contribution in [3.8, 4) is 0 Å². The van der Waals surface area contributed by atoms with Crippen molar-refractivity contribution in [1.29, 1.82) is 0 Å². The number of Topliss-reactive ketones (excluding diaryl/α,β-unsaturated/α-hetero) is 1. The molecule has 12 heteroatoms. The Labute approximate surface area is 175 Å². The van der Waals surface area contributed by atoms with Gasteiger partial charge < -0.3 is 0 Å². The van der Waals surface area contributed by atoms with Gasteiger partial charge in [0.05, 0.1) is 15.2 Å². The summed E-state index contributed by atoms with van der Waals surface area (Å²) < 4.78 is 102. The second-order valence-electron chi connectivity index (χ2n) is 7.60. The summed E-state index contributed by atoms with van der Waals surface area (Å²) in [5, 5.41) is 3.25. The van der Waals surface area contributed by atoms with Crippen LogP contribution in [0.1, 0.15) is 54.9 Å². The highest BCUT2D eigenvalue weighted by Crippen LogP contribution is 2.35. The van der Waals surface area contributed by atoms with Crippen LogP contribution in [0.2, 0.25) is 0 Å². The molecule has 0 unspecified atom stereocenters. The molecule has 0 aliphatic carbocycles. The molecule has 5 nitrogen and oxygen atoms in total. The van der Waals surface area contributed by atoms with Gasteiger partial charge in [-0.25, -0.2) is 8.42 Å². The number of aryl methyl sites for hydroxylation is 1. The number of halogens is 6. The van der Waals surface area contributed by atoms with Crippen LogP contribution in [0.15, 0.2) is 35.2 Å². The number of hydrogen-bond donors (Lipinski definition) is 0. The van der Waals surface area contributed by atoms with Crippen molar-refractivity contribution in [2.45, 2.75) is 55.1 Å².